The number of nitrogens with one attached hydrogen (secondary N) is 1. The quantitative estimate of drug-likeness (QED) is 0.451. The van der Waals surface area contributed by atoms with Gasteiger partial charge in [-0.15, -0.1) is 11.3 Å². The van der Waals surface area contributed by atoms with Crippen LogP contribution in [0.5, 0.6) is 0 Å². The Balaban J connectivity index is 1.35. The largest absolute Gasteiger partial charge is 0.349 e. The normalized spacial score (nSPS) is 15.8. The maximum Gasteiger partial charge on any atom is 0.331 e. The Morgan fingerprint density at radius 2 is 1.68 bits per heavy atom. The zero-order valence-corrected chi connectivity index (χ0v) is 20.5. The second kappa shape index (κ2) is 8.66. The molecule has 5 rings (SSSR count). The molecule has 0 aliphatic carbocycles. The molecule has 0 saturated carbocycles. The molecule has 3 aromatic heterocycles. The van der Waals surface area contributed by atoms with E-state index in [0.29, 0.717) is 42.9 Å². The van der Waals surface area contributed by atoms with Crippen molar-refractivity contribution in [3.63, 3.8) is 0 Å². The molecule has 1 saturated heterocycles. The maximum absolute atomic E-state index is 13.2. The first-order chi connectivity index (χ1) is 16.3. The lowest BCUT2D eigenvalue weighted by atomic mass is 10.1. The van der Waals surface area contributed by atoms with Crippen LogP contribution in [0.25, 0.3) is 22.3 Å². The van der Waals surface area contributed by atoms with E-state index in [4.69, 9.17) is 0 Å². The third-order valence-corrected chi connectivity index (χ3v) is 9.12. The second-order valence-corrected chi connectivity index (χ2v) is 11.4. The highest BCUT2D eigenvalue weighted by Crippen LogP contribution is 2.25. The molecule has 34 heavy (non-hydrogen) atoms. The van der Waals surface area contributed by atoms with Crippen molar-refractivity contribution in [2.45, 2.75) is 11.4 Å². The summed E-state index contributed by atoms with van der Waals surface area (Å²) in [5, 5.41) is 2.05. The van der Waals surface area contributed by atoms with Crippen LogP contribution in [0, 0.1) is 0 Å². The Labute approximate surface area is 200 Å². The molecule has 0 amide bonds. The first-order valence-electron chi connectivity index (χ1n) is 10.9. The molecule has 1 N–H and O–H groups in total. The van der Waals surface area contributed by atoms with E-state index in [-0.39, 0.29) is 4.90 Å². The van der Waals surface area contributed by atoms with Crippen LogP contribution in [-0.4, -0.2) is 57.9 Å². The lowest BCUT2D eigenvalue weighted by molar-refractivity contribution is 0.183. The summed E-state index contributed by atoms with van der Waals surface area (Å²) in [6, 6.07) is 12.5. The van der Waals surface area contributed by atoms with Gasteiger partial charge in [0.2, 0.25) is 10.0 Å². The summed E-state index contributed by atoms with van der Waals surface area (Å²) in [5.41, 5.74) is 1.39. The monoisotopic (exact) mass is 499 g/mol. The van der Waals surface area contributed by atoms with Gasteiger partial charge < -0.3 is 4.98 Å². The molecule has 1 aliphatic heterocycles. The second-order valence-electron chi connectivity index (χ2n) is 8.43. The minimum absolute atomic E-state index is 0.238. The van der Waals surface area contributed by atoms with E-state index in [1.54, 1.807) is 48.7 Å². The third-order valence-electron chi connectivity index (χ3n) is 6.34. The molecule has 0 unspecified atom stereocenters. The van der Waals surface area contributed by atoms with Gasteiger partial charge >= 0.3 is 5.69 Å². The topological polar surface area (TPSA) is 100 Å². The Morgan fingerprint density at radius 3 is 2.32 bits per heavy atom. The summed E-state index contributed by atoms with van der Waals surface area (Å²) in [6.07, 6.45) is 0. The van der Waals surface area contributed by atoms with E-state index in [9.17, 15) is 18.0 Å². The highest BCUT2D eigenvalue weighted by molar-refractivity contribution is 7.89. The van der Waals surface area contributed by atoms with E-state index >= 15 is 0 Å². The van der Waals surface area contributed by atoms with Gasteiger partial charge in [0, 0.05) is 57.4 Å². The molecular formula is C23H25N5O4S2. The Bertz CT molecular complexity index is 1560. The van der Waals surface area contributed by atoms with Crippen molar-refractivity contribution in [2.24, 2.45) is 14.1 Å². The number of H-pyrrole nitrogens is 1. The molecule has 0 bridgehead atoms. The van der Waals surface area contributed by atoms with Crippen molar-refractivity contribution in [1.82, 2.24) is 23.3 Å². The number of thiophene rings is 1. The van der Waals surface area contributed by atoms with E-state index in [0.717, 1.165) is 16.7 Å². The lowest BCUT2D eigenvalue weighted by Gasteiger charge is -2.33. The van der Waals surface area contributed by atoms with Gasteiger partial charge in [-0.3, -0.25) is 18.8 Å². The molecule has 11 heteroatoms. The molecule has 1 aromatic carbocycles. The van der Waals surface area contributed by atoms with Gasteiger partial charge in [-0.1, -0.05) is 18.2 Å². The van der Waals surface area contributed by atoms with Crippen molar-refractivity contribution in [3.8, 4) is 11.3 Å². The van der Waals surface area contributed by atoms with Gasteiger partial charge in [-0.05, 0) is 35.2 Å². The van der Waals surface area contributed by atoms with Gasteiger partial charge in [-0.25, -0.2) is 13.2 Å². The number of aromatic amines is 1. The number of piperazine rings is 1. The van der Waals surface area contributed by atoms with Gasteiger partial charge in [0.1, 0.15) is 5.52 Å². The van der Waals surface area contributed by atoms with Crippen LogP contribution in [0.1, 0.15) is 4.88 Å². The average Bonchev–Trinajstić information content (AvgIpc) is 3.52. The van der Waals surface area contributed by atoms with Gasteiger partial charge in [0.05, 0.1) is 10.4 Å². The van der Waals surface area contributed by atoms with Gasteiger partial charge in [0.15, 0.2) is 0 Å². The standard InChI is InChI=1S/C23H25N5O4S2/c1-25-20-14-19(24-21(20)22(29)26(2)23(25)30)16-5-7-18(8-6-16)34(31,32)28-11-9-27(10-12-28)15-17-4-3-13-33-17/h3-8,13-14,24H,9-12,15H2,1-2H3. The van der Waals surface area contributed by atoms with E-state index in [2.05, 4.69) is 21.3 Å². The number of sulfonamides is 1. The summed E-state index contributed by atoms with van der Waals surface area (Å²) in [6.45, 7) is 3.14. The van der Waals surface area contributed by atoms with Crippen LogP contribution in [0.3, 0.4) is 0 Å². The Kier molecular flexibility index (Phi) is 5.80. The van der Waals surface area contributed by atoms with Crippen molar-refractivity contribution in [3.05, 3.63) is 73.6 Å². The molecule has 4 heterocycles. The molecule has 0 spiro atoms. The molecule has 1 fully saturated rings. The number of aromatic nitrogens is 3. The van der Waals surface area contributed by atoms with E-state index < -0.39 is 21.3 Å². The number of aryl methyl sites for hydroxylation is 1. The summed E-state index contributed by atoms with van der Waals surface area (Å²) in [7, 11) is -0.550. The first-order valence-corrected chi connectivity index (χ1v) is 13.2. The fourth-order valence-electron chi connectivity index (χ4n) is 4.32. The SMILES string of the molecule is Cn1c(=O)c2[nH]c(-c3ccc(S(=O)(=O)N4CCN(Cc5cccs5)CC4)cc3)cc2n(C)c1=O. The zero-order valence-electron chi connectivity index (χ0n) is 18.9. The van der Waals surface area contributed by atoms with Crippen LogP contribution >= 0.6 is 11.3 Å². The van der Waals surface area contributed by atoms with E-state index in [1.807, 2.05) is 6.07 Å². The van der Waals surface area contributed by atoms with Gasteiger partial charge in [-0.2, -0.15) is 4.31 Å². The highest BCUT2D eigenvalue weighted by Gasteiger charge is 2.28. The summed E-state index contributed by atoms with van der Waals surface area (Å²) in [4.78, 5) is 31.5. The first kappa shape index (κ1) is 22.8. The zero-order chi connectivity index (χ0) is 24.0. The number of nitrogens with zero attached hydrogens (tertiary/aromatic N) is 4. The van der Waals surface area contributed by atoms with Crippen molar-refractivity contribution < 1.29 is 8.42 Å². The number of rotatable bonds is 5. The maximum atomic E-state index is 13.2. The Morgan fingerprint density at radius 1 is 0.971 bits per heavy atom. The van der Waals surface area contributed by atoms with Crippen LogP contribution in [-0.2, 0) is 30.7 Å². The minimum atomic E-state index is -3.60. The molecule has 4 aromatic rings. The fraction of sp³-hybridized carbons (Fsp3) is 0.304. The molecular weight excluding hydrogens is 474 g/mol. The van der Waals surface area contributed by atoms with Crippen LogP contribution in [0.2, 0.25) is 0 Å². The minimum Gasteiger partial charge on any atom is -0.349 e. The van der Waals surface area contributed by atoms with Crippen LogP contribution in [0.4, 0.5) is 0 Å². The summed E-state index contributed by atoms with van der Waals surface area (Å²) in [5.74, 6) is 0. The van der Waals surface area contributed by atoms with Crippen LogP contribution < -0.4 is 11.2 Å². The molecule has 1 aliphatic rings. The summed E-state index contributed by atoms with van der Waals surface area (Å²) >= 11 is 1.71. The lowest BCUT2D eigenvalue weighted by Crippen LogP contribution is -2.48. The highest BCUT2D eigenvalue weighted by atomic mass is 32.2. The predicted octanol–water partition coefficient (Wildman–Crippen LogP) is 1.80. The van der Waals surface area contributed by atoms with Crippen molar-refractivity contribution in [1.29, 1.82) is 0 Å². The van der Waals surface area contributed by atoms with Crippen molar-refractivity contribution >= 4 is 32.4 Å². The number of fused-ring (bicyclic) bond motifs is 1. The Hall–Kier alpha value is -2.99. The summed E-state index contributed by atoms with van der Waals surface area (Å²) < 4.78 is 30.4. The average molecular weight is 500 g/mol. The predicted molar refractivity (Wildman–Crippen MR) is 133 cm³/mol. The molecule has 178 valence electrons. The smallest absolute Gasteiger partial charge is 0.331 e. The number of hydrogen-bond acceptors (Lipinski definition) is 6. The molecule has 9 nitrogen and oxygen atoms in total. The van der Waals surface area contributed by atoms with Crippen molar-refractivity contribution in [2.75, 3.05) is 26.2 Å². The third kappa shape index (κ3) is 3.94. The molecule has 0 atom stereocenters. The fourth-order valence-corrected chi connectivity index (χ4v) is 6.48. The van der Waals surface area contributed by atoms with Gasteiger partial charge in [0.25, 0.3) is 5.56 Å². The van der Waals surface area contributed by atoms with Crippen LogP contribution in [0.15, 0.2) is 62.3 Å². The van der Waals surface area contributed by atoms with E-state index in [1.165, 1.54) is 20.8 Å². The number of hydrogen-bond donors (Lipinski definition) is 1. The molecule has 0 radical (unpaired) electrons. The number of benzene rings is 1.